The molecule has 9 heteroatoms. The van der Waals surface area contributed by atoms with E-state index in [1.807, 2.05) is 59.6 Å². The van der Waals surface area contributed by atoms with Gasteiger partial charge in [0.25, 0.3) is 0 Å². The monoisotopic (exact) mass is 611 g/mol. The van der Waals surface area contributed by atoms with E-state index in [2.05, 4.69) is 58.5 Å². The summed E-state index contributed by atoms with van der Waals surface area (Å²) in [5.41, 5.74) is 6.36. The van der Waals surface area contributed by atoms with Crippen LogP contribution in [0.25, 0.3) is 28.0 Å². The van der Waals surface area contributed by atoms with E-state index in [0.29, 0.717) is 12.4 Å². The second-order valence-corrected chi connectivity index (χ2v) is 13.9. The van der Waals surface area contributed by atoms with Crippen molar-refractivity contribution in [1.29, 1.82) is 0 Å². The smallest absolute Gasteiger partial charge is 0.410 e. The number of hydrogen-bond acceptors (Lipinski definition) is 6. The molecule has 0 saturated carbocycles. The molecule has 1 saturated heterocycles. The van der Waals surface area contributed by atoms with Crippen LogP contribution in [0.15, 0.2) is 65.9 Å². The van der Waals surface area contributed by atoms with Crippen molar-refractivity contribution in [2.24, 2.45) is 4.99 Å². The van der Waals surface area contributed by atoms with Crippen molar-refractivity contribution in [3.05, 3.63) is 72.3 Å². The number of nitrogens with zero attached hydrogens (tertiary/aromatic N) is 4. The Morgan fingerprint density at radius 1 is 0.911 bits per heavy atom. The van der Waals surface area contributed by atoms with E-state index in [4.69, 9.17) is 14.5 Å². The molecule has 5 rings (SSSR count). The third-order valence-corrected chi connectivity index (χ3v) is 8.06. The summed E-state index contributed by atoms with van der Waals surface area (Å²) in [6.07, 6.45) is 5.69. The maximum Gasteiger partial charge on any atom is 0.410 e. The molecule has 2 aliphatic heterocycles. The average molecular weight is 612 g/mol. The van der Waals surface area contributed by atoms with E-state index in [9.17, 15) is 9.59 Å². The van der Waals surface area contributed by atoms with Gasteiger partial charge in [0.1, 0.15) is 17.0 Å². The quantitative estimate of drug-likeness (QED) is 0.302. The van der Waals surface area contributed by atoms with Gasteiger partial charge in [-0.3, -0.25) is 9.89 Å². The second kappa shape index (κ2) is 12.5. The van der Waals surface area contributed by atoms with E-state index >= 15 is 0 Å². The van der Waals surface area contributed by atoms with Gasteiger partial charge in [0.2, 0.25) is 0 Å². The third kappa shape index (κ3) is 7.64. The molecule has 0 radical (unpaired) electrons. The lowest BCUT2D eigenvalue weighted by molar-refractivity contribution is 0.0225. The Kier molecular flexibility index (Phi) is 8.92. The minimum absolute atomic E-state index is 0.00793. The number of carbonyl (C=O) groups is 2. The molecule has 3 aromatic rings. The largest absolute Gasteiger partial charge is 0.444 e. The number of imidazole rings is 1. The van der Waals surface area contributed by atoms with Crippen LogP contribution in [0.5, 0.6) is 0 Å². The lowest BCUT2D eigenvalue weighted by Gasteiger charge is -2.28. The van der Waals surface area contributed by atoms with Gasteiger partial charge in [-0.05, 0) is 89.1 Å². The van der Waals surface area contributed by atoms with Crippen LogP contribution in [0.4, 0.5) is 9.59 Å². The van der Waals surface area contributed by atoms with Crippen LogP contribution in [-0.2, 0) is 9.47 Å². The zero-order chi connectivity index (χ0) is 32.5. The summed E-state index contributed by atoms with van der Waals surface area (Å²) < 4.78 is 11.1. The highest BCUT2D eigenvalue weighted by Gasteiger charge is 2.36. The summed E-state index contributed by atoms with van der Waals surface area (Å²) in [4.78, 5) is 41.3. The lowest BCUT2D eigenvalue weighted by atomic mass is 9.96. The number of aliphatic imine (C=N–C) groups is 1. The molecule has 2 atom stereocenters. The van der Waals surface area contributed by atoms with Crippen LogP contribution in [-0.4, -0.2) is 68.5 Å². The molecule has 238 valence electrons. The zero-order valence-electron chi connectivity index (χ0n) is 27.7. The van der Waals surface area contributed by atoms with Gasteiger partial charge >= 0.3 is 12.2 Å². The van der Waals surface area contributed by atoms with Crippen LogP contribution in [0.1, 0.15) is 85.2 Å². The van der Waals surface area contributed by atoms with Crippen molar-refractivity contribution < 1.29 is 19.1 Å². The number of H-pyrrole nitrogens is 1. The molecule has 0 aliphatic carbocycles. The van der Waals surface area contributed by atoms with Crippen LogP contribution < -0.4 is 0 Å². The highest BCUT2D eigenvalue weighted by atomic mass is 16.6. The van der Waals surface area contributed by atoms with Gasteiger partial charge in [-0.2, -0.15) is 0 Å². The van der Waals surface area contributed by atoms with Crippen molar-refractivity contribution in [2.75, 3.05) is 13.6 Å². The number of ether oxygens (including phenoxy) is 2. The summed E-state index contributed by atoms with van der Waals surface area (Å²) in [7, 11) is 1.71. The Labute approximate surface area is 266 Å². The van der Waals surface area contributed by atoms with Gasteiger partial charge in [0, 0.05) is 31.9 Å². The van der Waals surface area contributed by atoms with Gasteiger partial charge in [0.15, 0.2) is 0 Å². The summed E-state index contributed by atoms with van der Waals surface area (Å²) in [5, 5.41) is 0. The first-order chi connectivity index (χ1) is 21.2. The Balaban J connectivity index is 1.19. The normalized spacial score (nSPS) is 17.5. The number of allylic oxidation sites excluding steroid dienone is 1. The first kappa shape index (κ1) is 32.0. The fourth-order valence-corrected chi connectivity index (χ4v) is 5.57. The number of aromatic nitrogens is 2. The summed E-state index contributed by atoms with van der Waals surface area (Å²) in [6.45, 7) is 13.9. The SMILES string of the molecule is C[C@@H](c1ncc(-c2ccc(-c3ccc(C4=CN=C([C@@H]5CCCN5C(=O)OC(C)(C)C)C4)cc3)cc2)[nH]1)N(C)C(=O)OC(C)(C)C. The Hall–Kier alpha value is -4.40. The number of benzene rings is 2. The van der Waals surface area contributed by atoms with Crippen LogP contribution >= 0.6 is 0 Å². The van der Waals surface area contributed by atoms with E-state index in [0.717, 1.165) is 58.5 Å². The van der Waals surface area contributed by atoms with Crippen LogP contribution in [0.3, 0.4) is 0 Å². The van der Waals surface area contributed by atoms with Gasteiger partial charge in [-0.15, -0.1) is 0 Å². The molecular formula is C36H45N5O4. The maximum atomic E-state index is 12.8. The molecule has 1 fully saturated rings. The first-order valence-electron chi connectivity index (χ1n) is 15.7. The van der Waals surface area contributed by atoms with E-state index in [1.165, 1.54) is 0 Å². The molecule has 2 aliphatic rings. The number of aromatic amines is 1. The molecule has 45 heavy (non-hydrogen) atoms. The summed E-state index contributed by atoms with van der Waals surface area (Å²) in [5.74, 6) is 0.692. The predicted molar refractivity (Wildman–Crippen MR) is 178 cm³/mol. The van der Waals surface area contributed by atoms with Crippen molar-refractivity contribution in [3.63, 3.8) is 0 Å². The maximum absolute atomic E-state index is 12.8. The van der Waals surface area contributed by atoms with Gasteiger partial charge < -0.3 is 19.4 Å². The molecule has 0 spiro atoms. The summed E-state index contributed by atoms with van der Waals surface area (Å²) >= 11 is 0. The molecule has 0 unspecified atom stereocenters. The molecule has 0 bridgehead atoms. The minimum Gasteiger partial charge on any atom is -0.444 e. The molecular weight excluding hydrogens is 566 g/mol. The molecule has 1 N–H and O–H groups in total. The number of carbonyl (C=O) groups excluding carboxylic acids is 2. The fourth-order valence-electron chi connectivity index (χ4n) is 5.57. The summed E-state index contributed by atoms with van der Waals surface area (Å²) in [6, 6.07) is 16.6. The van der Waals surface area contributed by atoms with Gasteiger partial charge in [0.05, 0.1) is 24.0 Å². The topological polar surface area (TPSA) is 100 Å². The number of hydrogen-bond donors (Lipinski definition) is 1. The Morgan fingerprint density at radius 2 is 1.49 bits per heavy atom. The molecule has 1 aromatic heterocycles. The van der Waals surface area contributed by atoms with Gasteiger partial charge in [-0.25, -0.2) is 14.6 Å². The number of likely N-dealkylation sites (tertiary alicyclic amines) is 1. The van der Waals surface area contributed by atoms with E-state index < -0.39 is 11.2 Å². The van der Waals surface area contributed by atoms with E-state index in [1.54, 1.807) is 18.1 Å². The first-order valence-corrected chi connectivity index (χ1v) is 15.7. The average Bonchev–Trinajstić information content (AvgIpc) is 3.75. The zero-order valence-corrected chi connectivity index (χ0v) is 27.7. The molecule has 3 heterocycles. The minimum atomic E-state index is -0.560. The van der Waals surface area contributed by atoms with Crippen LogP contribution in [0, 0.1) is 0 Å². The molecule has 2 aromatic carbocycles. The Bertz CT molecular complexity index is 1590. The number of amides is 2. The molecule has 2 amide bonds. The van der Waals surface area contributed by atoms with Gasteiger partial charge in [-0.1, -0.05) is 48.5 Å². The highest BCUT2D eigenvalue weighted by Crippen LogP contribution is 2.32. The van der Waals surface area contributed by atoms with Crippen molar-refractivity contribution in [2.45, 2.75) is 91.0 Å². The Morgan fingerprint density at radius 3 is 2.09 bits per heavy atom. The molecule has 9 nitrogen and oxygen atoms in total. The third-order valence-electron chi connectivity index (χ3n) is 8.06. The fraction of sp³-hybridized carbons (Fsp3) is 0.444. The number of rotatable bonds is 6. The van der Waals surface area contributed by atoms with E-state index in [-0.39, 0.29) is 24.3 Å². The van der Waals surface area contributed by atoms with Crippen molar-refractivity contribution in [1.82, 2.24) is 19.8 Å². The number of nitrogens with one attached hydrogen (secondary N) is 1. The standard InChI is InChI=1S/C36H45N5O4/c1-23(40(8)33(42)44-35(2,3)4)32-38-22-30(39-32)27-17-15-25(16-18-27)24-11-13-26(14-12-24)28-20-29(37-21-28)31-10-9-19-41(31)34(43)45-36(5,6)7/h11-18,21-23,31H,9-10,19-20H2,1-8H3,(H,38,39)/t23-,31-/m0/s1. The van der Waals surface area contributed by atoms with Crippen molar-refractivity contribution >= 4 is 23.5 Å². The predicted octanol–water partition coefficient (Wildman–Crippen LogP) is 8.26. The highest BCUT2D eigenvalue weighted by molar-refractivity contribution is 6.03. The van der Waals surface area contributed by atoms with Crippen LogP contribution in [0.2, 0.25) is 0 Å². The lowest BCUT2D eigenvalue weighted by Crippen LogP contribution is -2.43. The van der Waals surface area contributed by atoms with Crippen molar-refractivity contribution in [3.8, 4) is 22.4 Å². The second-order valence-electron chi connectivity index (χ2n) is 13.9.